The predicted molar refractivity (Wildman–Crippen MR) is 54.7 cm³/mol. The van der Waals surface area contributed by atoms with E-state index in [4.69, 9.17) is 15.3 Å². The number of carboxylic acid groups (broad SMARTS) is 1. The lowest BCUT2D eigenvalue weighted by Crippen LogP contribution is -2.42. The molecule has 1 rings (SSSR count). The fourth-order valence-electron chi connectivity index (χ4n) is 1.03. The molecule has 0 aliphatic carbocycles. The van der Waals surface area contributed by atoms with Gasteiger partial charge in [0.15, 0.2) is 12.2 Å². The molecule has 2 atom stereocenters. The van der Waals surface area contributed by atoms with E-state index in [1.807, 2.05) is 0 Å². The van der Waals surface area contributed by atoms with Crippen molar-refractivity contribution in [1.82, 2.24) is 0 Å². The molecule has 1 aromatic carbocycles. The van der Waals surface area contributed by atoms with Gasteiger partial charge >= 0.3 is 5.97 Å². The first kappa shape index (κ1) is 13.1. The average Bonchev–Trinajstić information content (AvgIpc) is 2.30. The number of hydrogen-bond donors (Lipinski definition) is 4. The summed E-state index contributed by atoms with van der Waals surface area (Å²) in [6.07, 6.45) is -4.31. The number of benzene rings is 1. The molecule has 1 amide bonds. The SMILES string of the molecule is O=C(O)[C@@H](O)[C@@H](O)C(=O)Nc1ccc(F)cc1. The van der Waals surface area contributed by atoms with Crippen molar-refractivity contribution in [3.05, 3.63) is 30.1 Å². The Bertz CT molecular complexity index is 419. The number of amides is 1. The van der Waals surface area contributed by atoms with E-state index in [1.165, 1.54) is 12.1 Å². The maximum Gasteiger partial charge on any atom is 0.335 e. The number of hydrogen-bond acceptors (Lipinski definition) is 4. The highest BCUT2D eigenvalue weighted by molar-refractivity contribution is 5.97. The summed E-state index contributed by atoms with van der Waals surface area (Å²) < 4.78 is 12.5. The summed E-state index contributed by atoms with van der Waals surface area (Å²) in [4.78, 5) is 21.6. The highest BCUT2D eigenvalue weighted by Crippen LogP contribution is 2.09. The zero-order valence-electron chi connectivity index (χ0n) is 8.50. The van der Waals surface area contributed by atoms with Crippen molar-refractivity contribution < 1.29 is 29.3 Å². The number of nitrogens with one attached hydrogen (secondary N) is 1. The van der Waals surface area contributed by atoms with Crippen LogP contribution in [-0.2, 0) is 9.59 Å². The molecular weight excluding hydrogens is 233 g/mol. The van der Waals surface area contributed by atoms with Crippen molar-refractivity contribution in [2.75, 3.05) is 5.32 Å². The van der Waals surface area contributed by atoms with Gasteiger partial charge in [0.2, 0.25) is 0 Å². The number of halogens is 1. The van der Waals surface area contributed by atoms with E-state index in [9.17, 15) is 14.0 Å². The molecule has 0 radical (unpaired) electrons. The Balaban J connectivity index is 2.66. The number of aliphatic hydroxyl groups is 2. The van der Waals surface area contributed by atoms with Gasteiger partial charge in [-0.25, -0.2) is 9.18 Å². The third-order valence-electron chi connectivity index (χ3n) is 1.93. The smallest absolute Gasteiger partial charge is 0.335 e. The Labute approximate surface area is 95.3 Å². The lowest BCUT2D eigenvalue weighted by molar-refractivity contribution is -0.156. The second-order valence-electron chi connectivity index (χ2n) is 3.22. The second-order valence-corrected chi connectivity index (χ2v) is 3.22. The van der Waals surface area contributed by atoms with E-state index in [-0.39, 0.29) is 5.69 Å². The van der Waals surface area contributed by atoms with Gasteiger partial charge in [-0.1, -0.05) is 0 Å². The predicted octanol–water partition coefficient (Wildman–Crippen LogP) is -0.429. The van der Waals surface area contributed by atoms with Crippen LogP contribution < -0.4 is 5.32 Å². The molecule has 0 unspecified atom stereocenters. The molecule has 0 bridgehead atoms. The maximum atomic E-state index is 12.5. The fourth-order valence-corrected chi connectivity index (χ4v) is 1.03. The molecular formula is C10H10FNO5. The molecule has 0 aliphatic rings. The van der Waals surface area contributed by atoms with Gasteiger partial charge in [0.05, 0.1) is 0 Å². The van der Waals surface area contributed by atoms with Crippen LogP contribution in [0.25, 0.3) is 0 Å². The van der Waals surface area contributed by atoms with Crippen LogP contribution in [0.4, 0.5) is 10.1 Å². The van der Waals surface area contributed by atoms with Crippen molar-refractivity contribution in [3.63, 3.8) is 0 Å². The number of carbonyl (C=O) groups is 2. The zero-order valence-corrected chi connectivity index (χ0v) is 8.50. The Morgan fingerprint density at radius 1 is 1.12 bits per heavy atom. The number of carbonyl (C=O) groups excluding carboxylic acids is 1. The van der Waals surface area contributed by atoms with Crippen molar-refractivity contribution in [1.29, 1.82) is 0 Å². The summed E-state index contributed by atoms with van der Waals surface area (Å²) >= 11 is 0. The molecule has 1 aromatic rings. The molecule has 0 aromatic heterocycles. The highest BCUT2D eigenvalue weighted by Gasteiger charge is 2.29. The molecule has 7 heteroatoms. The minimum Gasteiger partial charge on any atom is -0.479 e. The lowest BCUT2D eigenvalue weighted by atomic mass is 10.2. The molecule has 0 heterocycles. The van der Waals surface area contributed by atoms with E-state index >= 15 is 0 Å². The maximum absolute atomic E-state index is 12.5. The van der Waals surface area contributed by atoms with Gasteiger partial charge < -0.3 is 20.6 Å². The Morgan fingerprint density at radius 2 is 1.65 bits per heavy atom. The number of carboxylic acids is 1. The van der Waals surface area contributed by atoms with Crippen LogP contribution in [0.2, 0.25) is 0 Å². The molecule has 0 aliphatic heterocycles. The summed E-state index contributed by atoms with van der Waals surface area (Å²) in [7, 11) is 0. The second kappa shape index (κ2) is 5.37. The van der Waals surface area contributed by atoms with Gasteiger partial charge in [-0.05, 0) is 24.3 Å². The molecule has 92 valence electrons. The van der Waals surface area contributed by atoms with E-state index in [2.05, 4.69) is 5.32 Å². The van der Waals surface area contributed by atoms with E-state index in [1.54, 1.807) is 0 Å². The van der Waals surface area contributed by atoms with Gasteiger partial charge in [-0.15, -0.1) is 0 Å². The first-order chi connectivity index (χ1) is 7.91. The van der Waals surface area contributed by atoms with Crippen LogP contribution in [-0.4, -0.2) is 39.4 Å². The molecule has 0 saturated carbocycles. The molecule has 17 heavy (non-hydrogen) atoms. The van der Waals surface area contributed by atoms with Gasteiger partial charge in [0.1, 0.15) is 5.82 Å². The van der Waals surface area contributed by atoms with Crippen molar-refractivity contribution in [2.24, 2.45) is 0 Å². The average molecular weight is 243 g/mol. The third kappa shape index (κ3) is 3.51. The number of aliphatic carboxylic acids is 1. The van der Waals surface area contributed by atoms with E-state index in [0.717, 1.165) is 12.1 Å². The monoisotopic (exact) mass is 243 g/mol. The van der Waals surface area contributed by atoms with Crippen LogP contribution in [0.1, 0.15) is 0 Å². The van der Waals surface area contributed by atoms with Crippen LogP contribution in [0, 0.1) is 5.82 Å². The molecule has 0 spiro atoms. The summed E-state index contributed by atoms with van der Waals surface area (Å²) in [6.45, 7) is 0. The van der Waals surface area contributed by atoms with Gasteiger partial charge in [0.25, 0.3) is 5.91 Å². The fraction of sp³-hybridized carbons (Fsp3) is 0.200. The Hall–Kier alpha value is -1.99. The standard InChI is InChI=1S/C10H10FNO5/c11-5-1-3-6(4-2-5)12-9(15)7(13)8(14)10(16)17/h1-4,7-8,13-14H,(H,12,15)(H,16,17)/t7-,8+/m1/s1. The normalized spacial score (nSPS) is 13.8. The molecule has 0 fully saturated rings. The van der Waals surface area contributed by atoms with Crippen LogP contribution in [0.15, 0.2) is 24.3 Å². The van der Waals surface area contributed by atoms with E-state index in [0.29, 0.717) is 0 Å². The molecule has 6 nitrogen and oxygen atoms in total. The number of rotatable bonds is 4. The van der Waals surface area contributed by atoms with Gasteiger partial charge in [-0.2, -0.15) is 0 Å². The van der Waals surface area contributed by atoms with Gasteiger partial charge in [0, 0.05) is 5.69 Å². The van der Waals surface area contributed by atoms with Crippen molar-refractivity contribution in [3.8, 4) is 0 Å². The minimum absolute atomic E-state index is 0.174. The Morgan fingerprint density at radius 3 is 2.12 bits per heavy atom. The quantitative estimate of drug-likeness (QED) is 0.574. The zero-order chi connectivity index (χ0) is 13.0. The first-order valence-electron chi connectivity index (χ1n) is 4.57. The third-order valence-corrected chi connectivity index (χ3v) is 1.93. The largest absolute Gasteiger partial charge is 0.479 e. The van der Waals surface area contributed by atoms with Crippen molar-refractivity contribution >= 4 is 17.6 Å². The van der Waals surface area contributed by atoms with Crippen LogP contribution >= 0.6 is 0 Å². The van der Waals surface area contributed by atoms with Gasteiger partial charge in [-0.3, -0.25) is 4.79 Å². The number of aliphatic hydroxyl groups excluding tert-OH is 2. The van der Waals surface area contributed by atoms with E-state index < -0.39 is 29.9 Å². The topological polar surface area (TPSA) is 107 Å². The van der Waals surface area contributed by atoms with Crippen LogP contribution in [0.3, 0.4) is 0 Å². The van der Waals surface area contributed by atoms with Crippen molar-refractivity contribution in [2.45, 2.75) is 12.2 Å². The summed E-state index contributed by atoms with van der Waals surface area (Å²) in [5.41, 5.74) is 0.174. The minimum atomic E-state index is -2.21. The number of anilines is 1. The lowest BCUT2D eigenvalue weighted by Gasteiger charge is -2.13. The highest BCUT2D eigenvalue weighted by atomic mass is 19.1. The molecule has 0 saturated heterocycles. The first-order valence-corrected chi connectivity index (χ1v) is 4.57. The Kier molecular flexibility index (Phi) is 4.13. The summed E-state index contributed by atoms with van der Waals surface area (Å²) in [5.74, 6) is -3.31. The molecule has 4 N–H and O–H groups in total. The summed E-state index contributed by atoms with van der Waals surface area (Å²) in [5, 5.41) is 28.6. The van der Waals surface area contributed by atoms with Crippen LogP contribution in [0.5, 0.6) is 0 Å². The summed E-state index contributed by atoms with van der Waals surface area (Å²) in [6, 6.07) is 4.62.